The first-order valence-corrected chi connectivity index (χ1v) is 6.74. The molecule has 0 radical (unpaired) electrons. The Kier molecular flexibility index (Phi) is 3.90. The lowest BCUT2D eigenvalue weighted by Crippen LogP contribution is -2.18. The first kappa shape index (κ1) is 10.5. The van der Waals surface area contributed by atoms with E-state index in [-0.39, 0.29) is 0 Å². The summed E-state index contributed by atoms with van der Waals surface area (Å²) in [6.07, 6.45) is 2.76. The molecule has 0 unspecified atom stereocenters. The summed E-state index contributed by atoms with van der Waals surface area (Å²) in [6, 6.07) is 9.34. The van der Waals surface area contributed by atoms with Gasteiger partial charge in [-0.2, -0.15) is 0 Å². The van der Waals surface area contributed by atoms with Crippen LogP contribution in [0.4, 0.5) is 0 Å². The predicted octanol–water partition coefficient (Wildman–Crippen LogP) is 3.29. The Morgan fingerprint density at radius 1 is 1.29 bits per heavy atom. The minimum absolute atomic E-state index is 0.834. The minimum atomic E-state index is 0.834. The van der Waals surface area contributed by atoms with Crippen molar-refractivity contribution in [3.63, 3.8) is 0 Å². The standard InChI is InChI=1S/C11H14BrNS/c12-9-1-5-11(6-2-9)14-8-7-13-10-3-4-10/h1-2,5-6,10,13H,3-4,7-8H2. The van der Waals surface area contributed by atoms with Crippen LogP contribution < -0.4 is 5.32 Å². The van der Waals surface area contributed by atoms with Gasteiger partial charge in [0.1, 0.15) is 0 Å². The Balaban J connectivity index is 1.66. The Morgan fingerprint density at radius 2 is 2.00 bits per heavy atom. The van der Waals surface area contributed by atoms with Gasteiger partial charge in [0.25, 0.3) is 0 Å². The molecule has 1 aromatic carbocycles. The van der Waals surface area contributed by atoms with Crippen LogP contribution in [0.1, 0.15) is 12.8 Å². The van der Waals surface area contributed by atoms with Gasteiger partial charge in [-0.1, -0.05) is 15.9 Å². The zero-order chi connectivity index (χ0) is 9.80. The van der Waals surface area contributed by atoms with Gasteiger partial charge in [0.2, 0.25) is 0 Å². The van der Waals surface area contributed by atoms with Gasteiger partial charge >= 0.3 is 0 Å². The van der Waals surface area contributed by atoms with Crippen molar-refractivity contribution in [2.75, 3.05) is 12.3 Å². The zero-order valence-corrected chi connectivity index (χ0v) is 10.4. The van der Waals surface area contributed by atoms with Gasteiger partial charge in [-0.3, -0.25) is 0 Å². The molecule has 0 saturated heterocycles. The second-order valence-electron chi connectivity index (χ2n) is 3.53. The molecule has 0 bridgehead atoms. The maximum absolute atomic E-state index is 3.51. The van der Waals surface area contributed by atoms with Crippen molar-refractivity contribution < 1.29 is 0 Å². The highest BCUT2D eigenvalue weighted by Crippen LogP contribution is 2.21. The van der Waals surface area contributed by atoms with Crippen LogP contribution in [0.2, 0.25) is 0 Å². The molecule has 3 heteroatoms. The predicted molar refractivity (Wildman–Crippen MR) is 65.9 cm³/mol. The van der Waals surface area contributed by atoms with Gasteiger partial charge in [0.15, 0.2) is 0 Å². The van der Waals surface area contributed by atoms with Crippen LogP contribution in [0, 0.1) is 0 Å². The van der Waals surface area contributed by atoms with E-state index >= 15 is 0 Å². The minimum Gasteiger partial charge on any atom is -0.313 e. The molecule has 1 aliphatic carbocycles. The normalized spacial score (nSPS) is 15.8. The molecule has 0 amide bonds. The summed E-state index contributed by atoms with van der Waals surface area (Å²) in [5.74, 6) is 1.16. The molecule has 0 atom stereocenters. The molecule has 0 heterocycles. The number of benzene rings is 1. The Morgan fingerprint density at radius 3 is 2.64 bits per heavy atom. The Bertz CT molecular complexity index is 282. The van der Waals surface area contributed by atoms with Crippen LogP contribution in [-0.2, 0) is 0 Å². The number of halogens is 1. The summed E-state index contributed by atoms with van der Waals surface area (Å²) in [5.41, 5.74) is 0. The van der Waals surface area contributed by atoms with E-state index in [1.807, 2.05) is 11.8 Å². The van der Waals surface area contributed by atoms with Crippen molar-refractivity contribution in [2.24, 2.45) is 0 Å². The highest BCUT2D eigenvalue weighted by Gasteiger charge is 2.19. The zero-order valence-electron chi connectivity index (χ0n) is 8.00. The summed E-state index contributed by atoms with van der Waals surface area (Å²) in [4.78, 5) is 1.35. The molecule has 0 spiro atoms. The van der Waals surface area contributed by atoms with Gasteiger partial charge < -0.3 is 5.32 Å². The number of nitrogens with one attached hydrogen (secondary N) is 1. The van der Waals surface area contributed by atoms with Crippen LogP contribution in [0.5, 0.6) is 0 Å². The van der Waals surface area contributed by atoms with Crippen molar-refractivity contribution in [1.82, 2.24) is 5.32 Å². The molecule has 0 aromatic heterocycles. The van der Waals surface area contributed by atoms with E-state index in [1.54, 1.807) is 0 Å². The molecule has 1 nitrogen and oxygen atoms in total. The summed E-state index contributed by atoms with van der Waals surface area (Å²) >= 11 is 5.35. The third-order valence-corrected chi connectivity index (χ3v) is 3.74. The number of hydrogen-bond acceptors (Lipinski definition) is 2. The highest BCUT2D eigenvalue weighted by molar-refractivity contribution is 9.10. The highest BCUT2D eigenvalue weighted by atomic mass is 79.9. The second-order valence-corrected chi connectivity index (χ2v) is 5.61. The van der Waals surface area contributed by atoms with E-state index in [0.717, 1.165) is 22.8 Å². The third-order valence-electron chi connectivity index (χ3n) is 2.19. The average Bonchev–Trinajstić information content (AvgIpc) is 2.99. The van der Waals surface area contributed by atoms with Crippen molar-refractivity contribution in [3.8, 4) is 0 Å². The van der Waals surface area contributed by atoms with Gasteiger partial charge in [-0.05, 0) is 37.1 Å². The molecular weight excluding hydrogens is 258 g/mol. The smallest absolute Gasteiger partial charge is 0.0176 e. The monoisotopic (exact) mass is 271 g/mol. The molecule has 1 aliphatic rings. The molecule has 14 heavy (non-hydrogen) atoms. The number of rotatable bonds is 5. The van der Waals surface area contributed by atoms with E-state index in [2.05, 4.69) is 45.5 Å². The SMILES string of the molecule is Brc1ccc(SCCNC2CC2)cc1. The first-order valence-electron chi connectivity index (χ1n) is 4.96. The molecule has 1 aromatic rings. The lowest BCUT2D eigenvalue weighted by molar-refractivity contribution is 0.726. The Labute approximate surface area is 97.8 Å². The fourth-order valence-electron chi connectivity index (χ4n) is 1.25. The number of hydrogen-bond donors (Lipinski definition) is 1. The van der Waals surface area contributed by atoms with Crippen molar-refractivity contribution in [2.45, 2.75) is 23.8 Å². The Hall–Kier alpha value is 0.01000. The molecule has 1 saturated carbocycles. The third kappa shape index (κ3) is 3.64. The topological polar surface area (TPSA) is 12.0 Å². The van der Waals surface area contributed by atoms with E-state index in [1.165, 1.54) is 17.7 Å². The maximum atomic E-state index is 3.51. The summed E-state index contributed by atoms with van der Waals surface area (Å²) < 4.78 is 1.15. The van der Waals surface area contributed by atoms with Gasteiger partial charge in [0.05, 0.1) is 0 Å². The number of thioether (sulfide) groups is 1. The maximum Gasteiger partial charge on any atom is 0.0176 e. The second kappa shape index (κ2) is 5.19. The fourth-order valence-corrected chi connectivity index (χ4v) is 2.30. The van der Waals surface area contributed by atoms with Gasteiger partial charge in [-0.15, -0.1) is 11.8 Å². The van der Waals surface area contributed by atoms with Crippen LogP contribution in [0.3, 0.4) is 0 Å². The molecule has 2 rings (SSSR count). The summed E-state index contributed by atoms with van der Waals surface area (Å²) in [6.45, 7) is 1.13. The van der Waals surface area contributed by atoms with E-state index in [9.17, 15) is 0 Å². The van der Waals surface area contributed by atoms with Crippen LogP contribution in [0.15, 0.2) is 33.6 Å². The van der Waals surface area contributed by atoms with E-state index in [4.69, 9.17) is 0 Å². The van der Waals surface area contributed by atoms with Crippen LogP contribution in [0.25, 0.3) is 0 Å². The van der Waals surface area contributed by atoms with Crippen molar-refractivity contribution >= 4 is 27.7 Å². The summed E-state index contributed by atoms with van der Waals surface area (Å²) in [5, 5.41) is 3.51. The summed E-state index contributed by atoms with van der Waals surface area (Å²) in [7, 11) is 0. The molecule has 0 aliphatic heterocycles. The van der Waals surface area contributed by atoms with Gasteiger partial charge in [0, 0.05) is 27.7 Å². The van der Waals surface area contributed by atoms with E-state index in [0.29, 0.717) is 0 Å². The average molecular weight is 272 g/mol. The molecule has 76 valence electrons. The quantitative estimate of drug-likeness (QED) is 0.652. The lowest BCUT2D eigenvalue weighted by atomic mass is 10.4. The first-order chi connectivity index (χ1) is 6.84. The van der Waals surface area contributed by atoms with E-state index < -0.39 is 0 Å². The molecule has 1 N–H and O–H groups in total. The van der Waals surface area contributed by atoms with Crippen molar-refractivity contribution in [3.05, 3.63) is 28.7 Å². The van der Waals surface area contributed by atoms with Crippen LogP contribution in [-0.4, -0.2) is 18.3 Å². The lowest BCUT2D eigenvalue weighted by Gasteiger charge is -2.02. The molecule has 1 fully saturated rings. The molecular formula is C11H14BrNS. The van der Waals surface area contributed by atoms with Gasteiger partial charge in [-0.25, -0.2) is 0 Å². The fraction of sp³-hybridized carbons (Fsp3) is 0.455. The largest absolute Gasteiger partial charge is 0.313 e. The van der Waals surface area contributed by atoms with Crippen LogP contribution >= 0.6 is 27.7 Å². The van der Waals surface area contributed by atoms with Crippen molar-refractivity contribution in [1.29, 1.82) is 0 Å².